The molecule has 0 radical (unpaired) electrons. The molecule has 1 fully saturated rings. The van der Waals surface area contributed by atoms with Gasteiger partial charge in [-0.2, -0.15) is 0 Å². The normalized spacial score (nSPS) is 14.9. The van der Waals surface area contributed by atoms with Crippen LogP contribution in [-0.4, -0.2) is 36.5 Å². The van der Waals surface area contributed by atoms with E-state index in [4.69, 9.17) is 27.9 Å². The van der Waals surface area contributed by atoms with E-state index in [9.17, 15) is 9.59 Å². The molecule has 2 amide bonds. The molecule has 1 aliphatic rings. The number of piperidine rings is 1. The fourth-order valence-electron chi connectivity index (χ4n) is 4.12. The number of nitrogens with zero attached hydrogens (tertiary/aromatic N) is 1. The van der Waals surface area contributed by atoms with Gasteiger partial charge in [0.2, 0.25) is 0 Å². The highest BCUT2D eigenvalue weighted by Crippen LogP contribution is 2.28. The number of pyridine rings is 1. The minimum atomic E-state index is -0.468. The lowest BCUT2D eigenvalue weighted by atomic mass is 9.99. The van der Waals surface area contributed by atoms with Crippen LogP contribution in [0.4, 0.5) is 11.5 Å². The molecule has 2 heterocycles. The van der Waals surface area contributed by atoms with E-state index in [1.165, 1.54) is 12.3 Å². The number of halogens is 3. The molecule has 1 aromatic heterocycles. The molecule has 1 saturated heterocycles. The molecule has 0 saturated carbocycles. The van der Waals surface area contributed by atoms with E-state index in [0.29, 0.717) is 45.4 Å². The molecule has 3 N–H and O–H groups in total. The molecular formula is C28H31Cl3N4O3. The van der Waals surface area contributed by atoms with Crippen LogP contribution in [0.2, 0.25) is 10.0 Å². The van der Waals surface area contributed by atoms with Gasteiger partial charge >= 0.3 is 0 Å². The molecule has 3 aromatic rings. The average molecular weight is 578 g/mol. The molecule has 0 bridgehead atoms. The van der Waals surface area contributed by atoms with Gasteiger partial charge in [0.15, 0.2) is 0 Å². The third kappa shape index (κ3) is 7.84. The molecule has 2 aromatic carbocycles. The first kappa shape index (κ1) is 29.7. The Balaban J connectivity index is 0.00000400. The molecule has 1 unspecified atom stereocenters. The van der Waals surface area contributed by atoms with Crippen LogP contribution in [-0.2, 0) is 0 Å². The Bertz CT molecular complexity index is 1260. The molecular weight excluding hydrogens is 547 g/mol. The number of carbonyl (C=O) groups excluding carboxylic acids is 2. The summed E-state index contributed by atoms with van der Waals surface area (Å²) in [5.41, 5.74) is 1.99. The van der Waals surface area contributed by atoms with Crippen LogP contribution < -0.4 is 20.7 Å². The first-order chi connectivity index (χ1) is 17.8. The lowest BCUT2D eigenvalue weighted by Crippen LogP contribution is -2.33. The number of rotatable bonds is 8. The van der Waals surface area contributed by atoms with Crippen molar-refractivity contribution in [2.75, 3.05) is 30.3 Å². The summed E-state index contributed by atoms with van der Waals surface area (Å²) in [6, 6.07) is 13.5. The summed E-state index contributed by atoms with van der Waals surface area (Å²) < 4.78 is 6.19. The van der Waals surface area contributed by atoms with Crippen molar-refractivity contribution in [3.8, 4) is 5.75 Å². The standard InChI is InChI=1S/C28H30Cl2N4O3.ClH/c1-17(2)19-5-8-22(25(12-19)37-16-18-4-3-11-31-14-18)27(35)33-24-9-6-20(29)13-23(24)28(36)34-26-10-7-21(30)15-32-26;/h5-10,12-13,15,17-18,31H,3-4,11,14,16H2,1-2H3,(H,33,35)(H,32,34,36);1H. The molecule has 38 heavy (non-hydrogen) atoms. The second-order valence-electron chi connectivity index (χ2n) is 9.39. The molecule has 4 rings (SSSR count). The third-order valence-electron chi connectivity index (χ3n) is 6.23. The predicted molar refractivity (Wildman–Crippen MR) is 155 cm³/mol. The molecule has 10 heteroatoms. The van der Waals surface area contributed by atoms with Crippen LogP contribution in [0.1, 0.15) is 58.9 Å². The smallest absolute Gasteiger partial charge is 0.259 e. The van der Waals surface area contributed by atoms with Crippen LogP contribution in [0.15, 0.2) is 54.7 Å². The van der Waals surface area contributed by atoms with Crippen molar-refractivity contribution in [1.82, 2.24) is 10.3 Å². The molecule has 1 aliphatic heterocycles. The summed E-state index contributed by atoms with van der Waals surface area (Å²) in [6.07, 6.45) is 3.63. The molecule has 202 valence electrons. The minimum absolute atomic E-state index is 0. The summed E-state index contributed by atoms with van der Waals surface area (Å²) in [5, 5.41) is 9.78. The van der Waals surface area contributed by atoms with Gasteiger partial charge in [-0.05, 0) is 73.3 Å². The van der Waals surface area contributed by atoms with Gasteiger partial charge in [0.1, 0.15) is 11.6 Å². The van der Waals surface area contributed by atoms with E-state index >= 15 is 0 Å². The maximum atomic E-state index is 13.4. The summed E-state index contributed by atoms with van der Waals surface area (Å²) in [4.78, 5) is 30.5. The van der Waals surface area contributed by atoms with Crippen molar-refractivity contribution in [2.24, 2.45) is 5.92 Å². The minimum Gasteiger partial charge on any atom is -0.492 e. The van der Waals surface area contributed by atoms with Crippen LogP contribution >= 0.6 is 35.6 Å². The zero-order valence-electron chi connectivity index (χ0n) is 21.2. The van der Waals surface area contributed by atoms with Gasteiger partial charge in [0, 0.05) is 23.7 Å². The number of amides is 2. The highest BCUT2D eigenvalue weighted by Gasteiger charge is 2.21. The summed E-state index contributed by atoms with van der Waals surface area (Å²) in [7, 11) is 0. The third-order valence-corrected chi connectivity index (χ3v) is 6.69. The predicted octanol–water partition coefficient (Wildman–Crippen LogP) is 6.82. The summed E-state index contributed by atoms with van der Waals surface area (Å²) in [5.74, 6) is 0.671. The quantitative estimate of drug-likeness (QED) is 0.273. The largest absolute Gasteiger partial charge is 0.492 e. The maximum absolute atomic E-state index is 13.4. The van der Waals surface area contributed by atoms with Gasteiger partial charge in [0.25, 0.3) is 11.8 Å². The SMILES string of the molecule is CC(C)c1ccc(C(=O)Nc2ccc(Cl)cc2C(=O)Nc2ccc(Cl)cn2)c(OCC2CCCNC2)c1.Cl. The Kier molecular flexibility index (Phi) is 10.8. The number of hydrogen-bond acceptors (Lipinski definition) is 5. The van der Waals surface area contributed by atoms with E-state index in [0.717, 1.165) is 31.5 Å². The molecule has 0 spiro atoms. The van der Waals surface area contributed by atoms with Crippen molar-refractivity contribution >= 4 is 58.9 Å². The average Bonchev–Trinajstić information content (AvgIpc) is 2.90. The maximum Gasteiger partial charge on any atom is 0.259 e. The van der Waals surface area contributed by atoms with E-state index in [1.807, 2.05) is 12.1 Å². The number of benzene rings is 2. The lowest BCUT2D eigenvalue weighted by Gasteiger charge is -2.24. The molecule has 7 nitrogen and oxygen atoms in total. The van der Waals surface area contributed by atoms with Crippen LogP contribution in [0.25, 0.3) is 0 Å². The first-order valence-corrected chi connectivity index (χ1v) is 13.1. The van der Waals surface area contributed by atoms with Gasteiger partial charge in [-0.1, -0.05) is 43.1 Å². The number of hydrogen-bond donors (Lipinski definition) is 3. The van der Waals surface area contributed by atoms with E-state index in [-0.39, 0.29) is 29.8 Å². The number of ether oxygens (including phenoxy) is 1. The van der Waals surface area contributed by atoms with E-state index < -0.39 is 5.91 Å². The van der Waals surface area contributed by atoms with Crippen molar-refractivity contribution in [3.05, 3.63) is 81.5 Å². The van der Waals surface area contributed by atoms with Crippen molar-refractivity contribution in [2.45, 2.75) is 32.6 Å². The second kappa shape index (κ2) is 13.8. The van der Waals surface area contributed by atoms with Crippen LogP contribution in [0.5, 0.6) is 5.75 Å². The first-order valence-electron chi connectivity index (χ1n) is 12.3. The monoisotopic (exact) mass is 576 g/mol. The lowest BCUT2D eigenvalue weighted by molar-refractivity contribution is 0.102. The fraction of sp³-hybridized carbons (Fsp3) is 0.321. The van der Waals surface area contributed by atoms with Crippen LogP contribution in [0.3, 0.4) is 0 Å². The number of anilines is 2. The summed E-state index contributed by atoms with van der Waals surface area (Å²) in [6.45, 7) is 6.64. The number of nitrogens with one attached hydrogen (secondary N) is 3. The Labute approximate surface area is 239 Å². The molecule has 0 aliphatic carbocycles. The Hall–Kier alpha value is -2.84. The summed E-state index contributed by atoms with van der Waals surface area (Å²) >= 11 is 12.1. The van der Waals surface area contributed by atoms with Gasteiger partial charge in [-0.3, -0.25) is 9.59 Å². The van der Waals surface area contributed by atoms with Gasteiger partial charge in [0.05, 0.1) is 28.4 Å². The zero-order valence-corrected chi connectivity index (χ0v) is 23.6. The Morgan fingerprint density at radius 2 is 1.79 bits per heavy atom. The molecule has 1 atom stereocenters. The Morgan fingerprint density at radius 1 is 1.03 bits per heavy atom. The second-order valence-corrected chi connectivity index (χ2v) is 10.3. The van der Waals surface area contributed by atoms with Crippen LogP contribution in [0, 0.1) is 5.92 Å². The zero-order chi connectivity index (χ0) is 26.4. The van der Waals surface area contributed by atoms with E-state index in [2.05, 4.69) is 34.8 Å². The fourth-order valence-corrected chi connectivity index (χ4v) is 4.40. The van der Waals surface area contributed by atoms with Gasteiger partial charge in [-0.25, -0.2) is 4.98 Å². The highest BCUT2D eigenvalue weighted by molar-refractivity contribution is 6.31. The topological polar surface area (TPSA) is 92.4 Å². The van der Waals surface area contributed by atoms with Gasteiger partial charge < -0.3 is 20.7 Å². The van der Waals surface area contributed by atoms with Crippen molar-refractivity contribution in [1.29, 1.82) is 0 Å². The van der Waals surface area contributed by atoms with Crippen molar-refractivity contribution in [3.63, 3.8) is 0 Å². The number of aromatic nitrogens is 1. The van der Waals surface area contributed by atoms with Gasteiger partial charge in [-0.15, -0.1) is 12.4 Å². The van der Waals surface area contributed by atoms with Crippen molar-refractivity contribution < 1.29 is 14.3 Å². The highest BCUT2D eigenvalue weighted by atomic mass is 35.5. The Morgan fingerprint density at radius 3 is 2.47 bits per heavy atom. The van der Waals surface area contributed by atoms with E-state index in [1.54, 1.807) is 30.3 Å². The number of carbonyl (C=O) groups is 2.